The number of carboxylic acid groups (broad SMARTS) is 1. The van der Waals surface area contributed by atoms with Crippen molar-refractivity contribution < 1.29 is 19.4 Å². The number of morpholine rings is 1. The van der Waals surface area contributed by atoms with Crippen molar-refractivity contribution in [3.8, 4) is 0 Å². The Morgan fingerprint density at radius 3 is 2.44 bits per heavy atom. The number of rotatable bonds is 2. The second-order valence-electron chi connectivity index (χ2n) is 4.40. The Balaban J connectivity index is 2.14. The highest BCUT2D eigenvalue weighted by atomic mass is 16.5. The van der Waals surface area contributed by atoms with Crippen molar-refractivity contribution in [3.05, 3.63) is 0 Å². The number of carbonyl (C=O) groups is 1. The zero-order chi connectivity index (χ0) is 11.4. The Morgan fingerprint density at radius 1 is 1.06 bits per heavy atom. The summed E-state index contributed by atoms with van der Waals surface area (Å²) in [6.07, 6.45) is 2.09. The van der Waals surface area contributed by atoms with Crippen molar-refractivity contribution >= 4 is 5.97 Å². The fourth-order valence-electron chi connectivity index (χ4n) is 2.59. The average Bonchev–Trinajstić information content (AvgIpc) is 2.56. The number of aliphatic carboxylic acids is 1. The second-order valence-corrected chi connectivity index (χ2v) is 4.40. The number of ether oxygens (including phenoxy) is 2. The summed E-state index contributed by atoms with van der Waals surface area (Å²) in [5, 5.41) is 9.53. The van der Waals surface area contributed by atoms with Crippen molar-refractivity contribution in [3.63, 3.8) is 0 Å². The van der Waals surface area contributed by atoms with Crippen molar-refractivity contribution in [1.29, 1.82) is 0 Å². The molecule has 0 bridgehead atoms. The van der Waals surface area contributed by atoms with Gasteiger partial charge in [0, 0.05) is 26.3 Å². The van der Waals surface area contributed by atoms with Gasteiger partial charge in [0.05, 0.1) is 13.2 Å². The van der Waals surface area contributed by atoms with Crippen LogP contribution in [-0.2, 0) is 14.3 Å². The van der Waals surface area contributed by atoms with Crippen molar-refractivity contribution in [2.75, 3.05) is 39.5 Å². The van der Waals surface area contributed by atoms with E-state index < -0.39 is 11.5 Å². The first-order chi connectivity index (χ1) is 7.76. The predicted molar refractivity (Wildman–Crippen MR) is 57.4 cm³/mol. The molecule has 0 aromatic rings. The maximum Gasteiger partial charge on any atom is 0.324 e. The molecule has 92 valence electrons. The van der Waals surface area contributed by atoms with E-state index in [9.17, 15) is 9.90 Å². The van der Waals surface area contributed by atoms with Gasteiger partial charge in [-0.3, -0.25) is 9.69 Å². The Bertz CT molecular complexity index is 242. The number of carboxylic acids is 1. The zero-order valence-electron chi connectivity index (χ0n) is 9.48. The van der Waals surface area contributed by atoms with Crippen molar-refractivity contribution in [1.82, 2.24) is 4.90 Å². The molecule has 2 rings (SSSR count). The minimum absolute atomic E-state index is 0.545. The highest BCUT2D eigenvalue weighted by Gasteiger charge is 2.44. The van der Waals surface area contributed by atoms with Crippen molar-refractivity contribution in [2.24, 2.45) is 0 Å². The monoisotopic (exact) mass is 229 g/mol. The minimum Gasteiger partial charge on any atom is -0.480 e. The van der Waals surface area contributed by atoms with Gasteiger partial charge in [-0.15, -0.1) is 0 Å². The van der Waals surface area contributed by atoms with E-state index in [1.54, 1.807) is 0 Å². The lowest BCUT2D eigenvalue weighted by Crippen LogP contribution is -2.58. The molecule has 0 aliphatic carbocycles. The summed E-state index contributed by atoms with van der Waals surface area (Å²) in [6, 6.07) is 0. The van der Waals surface area contributed by atoms with Gasteiger partial charge in [0.1, 0.15) is 5.54 Å². The Hall–Kier alpha value is -0.650. The molecule has 0 aromatic heterocycles. The zero-order valence-corrected chi connectivity index (χ0v) is 9.48. The number of hydrogen-bond donors (Lipinski definition) is 1. The topological polar surface area (TPSA) is 59.0 Å². The Labute approximate surface area is 95.3 Å². The van der Waals surface area contributed by atoms with E-state index in [0.29, 0.717) is 52.4 Å². The maximum atomic E-state index is 11.6. The first-order valence-electron chi connectivity index (χ1n) is 5.90. The predicted octanol–water partition coefficient (Wildman–Crippen LogP) is 0.342. The van der Waals surface area contributed by atoms with Crippen LogP contribution in [0.5, 0.6) is 0 Å². The fourth-order valence-corrected chi connectivity index (χ4v) is 2.59. The molecule has 2 heterocycles. The summed E-state index contributed by atoms with van der Waals surface area (Å²) < 4.78 is 10.7. The Kier molecular flexibility index (Phi) is 3.78. The van der Waals surface area contributed by atoms with Gasteiger partial charge in [-0.2, -0.15) is 0 Å². The van der Waals surface area contributed by atoms with Crippen LogP contribution < -0.4 is 0 Å². The lowest BCUT2D eigenvalue weighted by molar-refractivity contribution is -0.156. The van der Waals surface area contributed by atoms with Crippen LogP contribution in [0.2, 0.25) is 0 Å². The number of nitrogens with zero attached hydrogens (tertiary/aromatic N) is 1. The number of hydrogen-bond acceptors (Lipinski definition) is 4. The van der Waals surface area contributed by atoms with Crippen LogP contribution in [0.4, 0.5) is 0 Å². The molecule has 0 amide bonds. The maximum absolute atomic E-state index is 11.6. The molecule has 2 saturated heterocycles. The van der Waals surface area contributed by atoms with Gasteiger partial charge < -0.3 is 14.6 Å². The van der Waals surface area contributed by atoms with Crippen LogP contribution in [-0.4, -0.2) is 61.0 Å². The molecule has 0 aromatic carbocycles. The first kappa shape index (κ1) is 11.8. The molecule has 2 fully saturated rings. The summed E-state index contributed by atoms with van der Waals surface area (Å²) in [5.41, 5.74) is -0.722. The Morgan fingerprint density at radius 2 is 1.75 bits per heavy atom. The lowest BCUT2D eigenvalue weighted by atomic mass is 9.88. The van der Waals surface area contributed by atoms with Gasteiger partial charge in [-0.05, 0) is 19.3 Å². The van der Waals surface area contributed by atoms with Gasteiger partial charge in [0.25, 0.3) is 0 Å². The van der Waals surface area contributed by atoms with E-state index in [1.807, 2.05) is 0 Å². The first-order valence-corrected chi connectivity index (χ1v) is 5.90. The normalized spacial score (nSPS) is 33.2. The lowest BCUT2D eigenvalue weighted by Gasteiger charge is -2.41. The molecular weight excluding hydrogens is 210 g/mol. The van der Waals surface area contributed by atoms with E-state index in [-0.39, 0.29) is 0 Å². The summed E-state index contributed by atoms with van der Waals surface area (Å²) in [4.78, 5) is 13.7. The van der Waals surface area contributed by atoms with Crippen LogP contribution >= 0.6 is 0 Å². The molecule has 0 radical (unpaired) electrons. The molecule has 5 heteroatoms. The minimum atomic E-state index is -0.722. The molecule has 5 nitrogen and oxygen atoms in total. The molecule has 0 spiro atoms. The summed E-state index contributed by atoms with van der Waals surface area (Å²) in [6.45, 7) is 3.92. The van der Waals surface area contributed by atoms with E-state index in [4.69, 9.17) is 9.47 Å². The van der Waals surface area contributed by atoms with Gasteiger partial charge >= 0.3 is 5.97 Å². The van der Waals surface area contributed by atoms with Crippen LogP contribution in [0.1, 0.15) is 19.3 Å². The van der Waals surface area contributed by atoms with E-state index in [1.165, 1.54) is 0 Å². The quantitative estimate of drug-likeness (QED) is 0.740. The summed E-state index contributed by atoms with van der Waals surface area (Å²) in [7, 11) is 0. The molecule has 16 heavy (non-hydrogen) atoms. The molecular formula is C11H19NO4. The highest BCUT2D eigenvalue weighted by Crippen LogP contribution is 2.29. The third-order valence-corrected chi connectivity index (χ3v) is 3.55. The molecule has 1 atom stereocenters. The largest absolute Gasteiger partial charge is 0.480 e. The molecule has 1 N–H and O–H groups in total. The summed E-state index contributed by atoms with van der Waals surface area (Å²) >= 11 is 0. The third-order valence-electron chi connectivity index (χ3n) is 3.55. The molecule has 2 aliphatic rings. The average molecular weight is 229 g/mol. The second kappa shape index (κ2) is 5.12. The van der Waals surface area contributed by atoms with E-state index in [2.05, 4.69) is 4.90 Å². The summed E-state index contributed by atoms with van der Waals surface area (Å²) in [5.74, 6) is -0.708. The van der Waals surface area contributed by atoms with Crippen LogP contribution in [0.3, 0.4) is 0 Å². The van der Waals surface area contributed by atoms with Crippen LogP contribution in [0.25, 0.3) is 0 Å². The molecule has 0 saturated carbocycles. The fraction of sp³-hybridized carbons (Fsp3) is 0.909. The SMILES string of the molecule is O=C(O)C1(N2CCOCC2)CCCOCC1. The van der Waals surface area contributed by atoms with Gasteiger partial charge in [-0.1, -0.05) is 0 Å². The van der Waals surface area contributed by atoms with Crippen molar-refractivity contribution in [2.45, 2.75) is 24.8 Å². The van der Waals surface area contributed by atoms with Gasteiger partial charge in [-0.25, -0.2) is 0 Å². The van der Waals surface area contributed by atoms with E-state index in [0.717, 1.165) is 6.42 Å². The van der Waals surface area contributed by atoms with Gasteiger partial charge in [0.2, 0.25) is 0 Å². The highest BCUT2D eigenvalue weighted by molar-refractivity contribution is 5.78. The molecule has 2 aliphatic heterocycles. The molecule has 1 unspecified atom stereocenters. The van der Waals surface area contributed by atoms with Gasteiger partial charge in [0.15, 0.2) is 0 Å². The smallest absolute Gasteiger partial charge is 0.324 e. The van der Waals surface area contributed by atoms with E-state index >= 15 is 0 Å². The van der Waals surface area contributed by atoms with Crippen LogP contribution in [0.15, 0.2) is 0 Å². The standard InChI is InChI=1S/C11H19NO4/c13-10(14)11(2-1-6-15-7-3-11)12-4-8-16-9-5-12/h1-9H2,(H,13,14). The van der Waals surface area contributed by atoms with Crippen LogP contribution in [0, 0.1) is 0 Å². The third kappa shape index (κ3) is 2.21.